The Labute approximate surface area is 103 Å². The van der Waals surface area contributed by atoms with Crippen LogP contribution in [0.4, 0.5) is 0 Å². The summed E-state index contributed by atoms with van der Waals surface area (Å²) in [7, 11) is 0. The van der Waals surface area contributed by atoms with Crippen molar-refractivity contribution in [3.63, 3.8) is 0 Å². The molecule has 18 heavy (non-hydrogen) atoms. The summed E-state index contributed by atoms with van der Waals surface area (Å²) in [4.78, 5) is 29.5. The SMILES string of the molecule is CC(O)C(O)C(=O)O.O=C(O)CCCCC(=O)O. The number of carbonyl (C=O) groups is 3. The van der Waals surface area contributed by atoms with E-state index in [4.69, 9.17) is 25.5 Å². The zero-order valence-corrected chi connectivity index (χ0v) is 9.94. The first-order valence-electron chi connectivity index (χ1n) is 5.21. The Hall–Kier alpha value is -1.67. The second kappa shape index (κ2) is 10.5. The van der Waals surface area contributed by atoms with Crippen molar-refractivity contribution in [1.29, 1.82) is 0 Å². The van der Waals surface area contributed by atoms with Crippen molar-refractivity contribution in [2.75, 3.05) is 0 Å². The number of carboxylic acid groups (broad SMARTS) is 3. The molecule has 0 saturated heterocycles. The number of aliphatic carboxylic acids is 3. The van der Waals surface area contributed by atoms with Gasteiger partial charge in [0.15, 0.2) is 6.10 Å². The van der Waals surface area contributed by atoms with Crippen LogP contribution in [0, 0.1) is 0 Å². The number of rotatable bonds is 7. The fourth-order valence-corrected chi connectivity index (χ4v) is 0.759. The van der Waals surface area contributed by atoms with Gasteiger partial charge in [-0.25, -0.2) is 4.79 Å². The standard InChI is InChI=1S/C6H10O4.C4H8O4/c7-5(8)3-1-2-4-6(9)10;1-2(5)3(6)4(7)8/h1-4H2,(H,7,8)(H,9,10);2-3,5-6H,1H3,(H,7,8). The molecule has 2 unspecified atom stereocenters. The molecule has 0 aromatic carbocycles. The number of carboxylic acids is 3. The third-order valence-corrected chi connectivity index (χ3v) is 1.74. The highest BCUT2D eigenvalue weighted by Gasteiger charge is 2.18. The van der Waals surface area contributed by atoms with E-state index >= 15 is 0 Å². The van der Waals surface area contributed by atoms with E-state index < -0.39 is 30.1 Å². The van der Waals surface area contributed by atoms with E-state index in [2.05, 4.69) is 0 Å². The highest BCUT2D eigenvalue weighted by Crippen LogP contribution is 1.98. The van der Waals surface area contributed by atoms with Crippen LogP contribution in [0.5, 0.6) is 0 Å². The summed E-state index contributed by atoms with van der Waals surface area (Å²) in [5.74, 6) is -3.14. The van der Waals surface area contributed by atoms with Gasteiger partial charge in [0.25, 0.3) is 0 Å². The minimum Gasteiger partial charge on any atom is -0.481 e. The van der Waals surface area contributed by atoms with E-state index in [9.17, 15) is 14.4 Å². The van der Waals surface area contributed by atoms with E-state index in [0.29, 0.717) is 12.8 Å². The Morgan fingerprint density at radius 3 is 1.33 bits per heavy atom. The molecule has 0 aliphatic rings. The second-order valence-corrected chi connectivity index (χ2v) is 3.52. The van der Waals surface area contributed by atoms with E-state index in [1.165, 1.54) is 6.92 Å². The maximum Gasteiger partial charge on any atom is 0.335 e. The molecule has 0 radical (unpaired) electrons. The van der Waals surface area contributed by atoms with Gasteiger partial charge in [-0.2, -0.15) is 0 Å². The molecule has 0 aliphatic carbocycles. The smallest absolute Gasteiger partial charge is 0.335 e. The molecule has 8 nitrogen and oxygen atoms in total. The zero-order chi connectivity index (χ0) is 14.7. The van der Waals surface area contributed by atoms with Crippen LogP contribution in [-0.2, 0) is 14.4 Å². The molecule has 8 heteroatoms. The summed E-state index contributed by atoms with van der Waals surface area (Å²) in [6, 6.07) is 0. The molecule has 0 heterocycles. The Kier molecular flexibility index (Phi) is 10.9. The maximum atomic E-state index is 9.90. The van der Waals surface area contributed by atoms with Crippen LogP contribution in [0.15, 0.2) is 0 Å². The predicted molar refractivity (Wildman–Crippen MR) is 59.1 cm³/mol. The quantitative estimate of drug-likeness (QED) is 0.387. The lowest BCUT2D eigenvalue weighted by Gasteiger charge is -2.05. The van der Waals surface area contributed by atoms with Gasteiger partial charge in [0, 0.05) is 12.8 Å². The Morgan fingerprint density at radius 1 is 0.889 bits per heavy atom. The van der Waals surface area contributed by atoms with Gasteiger partial charge in [-0.1, -0.05) is 0 Å². The topological polar surface area (TPSA) is 152 Å². The molecule has 0 aliphatic heterocycles. The minimum absolute atomic E-state index is 0.0628. The van der Waals surface area contributed by atoms with Crippen molar-refractivity contribution in [2.24, 2.45) is 0 Å². The van der Waals surface area contributed by atoms with Gasteiger partial charge in [-0.3, -0.25) is 9.59 Å². The fraction of sp³-hybridized carbons (Fsp3) is 0.700. The van der Waals surface area contributed by atoms with Crippen LogP contribution in [0.25, 0.3) is 0 Å². The first kappa shape index (κ1) is 18.7. The van der Waals surface area contributed by atoms with Gasteiger partial charge in [-0.05, 0) is 19.8 Å². The van der Waals surface area contributed by atoms with Crippen LogP contribution in [0.2, 0.25) is 0 Å². The Bertz CT molecular complexity index is 257. The summed E-state index contributed by atoms with van der Waals surface area (Å²) in [6.07, 6.45) is -1.84. The lowest BCUT2D eigenvalue weighted by Crippen LogP contribution is -2.30. The van der Waals surface area contributed by atoms with Gasteiger partial charge in [0.1, 0.15) is 0 Å². The molecule has 0 spiro atoms. The maximum absolute atomic E-state index is 9.90. The van der Waals surface area contributed by atoms with Gasteiger partial charge in [0.2, 0.25) is 0 Å². The molecule has 0 aromatic rings. The highest BCUT2D eigenvalue weighted by molar-refractivity contribution is 5.72. The van der Waals surface area contributed by atoms with Gasteiger partial charge in [0.05, 0.1) is 6.10 Å². The molecule has 0 fully saturated rings. The number of unbranched alkanes of at least 4 members (excludes halogenated alkanes) is 1. The summed E-state index contributed by atoms with van der Waals surface area (Å²) in [5, 5.41) is 40.9. The van der Waals surface area contributed by atoms with Crippen molar-refractivity contribution < 1.29 is 39.9 Å². The normalized spacial score (nSPS) is 12.8. The summed E-state index contributed by atoms with van der Waals surface area (Å²) in [6.45, 7) is 1.21. The zero-order valence-electron chi connectivity index (χ0n) is 9.94. The first-order chi connectivity index (χ1) is 8.18. The second-order valence-electron chi connectivity index (χ2n) is 3.52. The molecule has 0 amide bonds. The van der Waals surface area contributed by atoms with E-state index in [-0.39, 0.29) is 12.8 Å². The van der Waals surface area contributed by atoms with Crippen LogP contribution in [0.1, 0.15) is 32.6 Å². The third-order valence-electron chi connectivity index (χ3n) is 1.74. The number of hydrogen-bond acceptors (Lipinski definition) is 5. The molecular weight excluding hydrogens is 248 g/mol. The molecule has 5 N–H and O–H groups in total. The van der Waals surface area contributed by atoms with Crippen molar-refractivity contribution in [2.45, 2.75) is 44.8 Å². The van der Waals surface area contributed by atoms with Crippen molar-refractivity contribution in [3.05, 3.63) is 0 Å². The Balaban J connectivity index is 0. The fourth-order valence-electron chi connectivity index (χ4n) is 0.759. The molecule has 2 atom stereocenters. The van der Waals surface area contributed by atoms with E-state index in [1.54, 1.807) is 0 Å². The number of aliphatic hydroxyl groups excluding tert-OH is 2. The largest absolute Gasteiger partial charge is 0.481 e. The van der Waals surface area contributed by atoms with Gasteiger partial charge >= 0.3 is 17.9 Å². The molecule has 0 rings (SSSR count). The average Bonchev–Trinajstić information content (AvgIpc) is 2.23. The average molecular weight is 266 g/mol. The molecule has 106 valence electrons. The number of hydrogen-bond donors (Lipinski definition) is 5. The van der Waals surface area contributed by atoms with Crippen molar-refractivity contribution >= 4 is 17.9 Å². The van der Waals surface area contributed by atoms with Crippen LogP contribution in [-0.4, -0.2) is 55.6 Å². The summed E-state index contributed by atoms with van der Waals surface area (Å²) < 4.78 is 0. The van der Waals surface area contributed by atoms with Gasteiger partial charge in [-0.15, -0.1) is 0 Å². The highest BCUT2D eigenvalue weighted by atomic mass is 16.4. The molecular formula is C10H18O8. The van der Waals surface area contributed by atoms with Gasteiger partial charge < -0.3 is 25.5 Å². The Morgan fingerprint density at radius 2 is 1.22 bits per heavy atom. The first-order valence-corrected chi connectivity index (χ1v) is 5.21. The molecule has 0 aromatic heterocycles. The third kappa shape index (κ3) is 14.3. The predicted octanol–water partition coefficient (Wildman–Crippen LogP) is -0.471. The van der Waals surface area contributed by atoms with Crippen molar-refractivity contribution in [3.8, 4) is 0 Å². The van der Waals surface area contributed by atoms with E-state index in [0.717, 1.165) is 0 Å². The van der Waals surface area contributed by atoms with E-state index in [1.807, 2.05) is 0 Å². The molecule has 0 bridgehead atoms. The van der Waals surface area contributed by atoms with Crippen LogP contribution < -0.4 is 0 Å². The summed E-state index contributed by atoms with van der Waals surface area (Å²) in [5.41, 5.74) is 0. The number of aliphatic hydroxyl groups is 2. The lowest BCUT2D eigenvalue weighted by molar-refractivity contribution is -0.152. The van der Waals surface area contributed by atoms with Crippen LogP contribution >= 0.6 is 0 Å². The molecule has 0 saturated carbocycles. The summed E-state index contributed by atoms with van der Waals surface area (Å²) >= 11 is 0. The minimum atomic E-state index is -1.66. The van der Waals surface area contributed by atoms with Crippen molar-refractivity contribution in [1.82, 2.24) is 0 Å². The monoisotopic (exact) mass is 266 g/mol. The van der Waals surface area contributed by atoms with Crippen LogP contribution in [0.3, 0.4) is 0 Å². The lowest BCUT2D eigenvalue weighted by atomic mass is 10.2.